The third kappa shape index (κ3) is 4.27. The maximum Gasteiger partial charge on any atom is 0.238 e. The van der Waals surface area contributed by atoms with Gasteiger partial charge in [-0.3, -0.25) is 4.79 Å². The lowest BCUT2D eigenvalue weighted by atomic mass is 10.2. The third-order valence-corrected chi connectivity index (χ3v) is 4.95. The summed E-state index contributed by atoms with van der Waals surface area (Å²) in [5.41, 5.74) is 1.70. The highest BCUT2D eigenvalue weighted by atomic mass is 35.5. The summed E-state index contributed by atoms with van der Waals surface area (Å²) in [5, 5.41) is 0.809. The Balaban J connectivity index is 1.82. The van der Waals surface area contributed by atoms with Crippen LogP contribution in [-0.4, -0.2) is 28.8 Å². The number of carbonyl (C=O) groups excluding carboxylic acids is 1. The number of hydrogen-bond donors (Lipinski definition) is 0. The molecule has 0 aliphatic carbocycles. The molecule has 25 heavy (non-hydrogen) atoms. The number of carbonyl (C=O) groups is 1. The van der Waals surface area contributed by atoms with Crippen LogP contribution in [0.15, 0.2) is 42.5 Å². The van der Waals surface area contributed by atoms with Crippen molar-refractivity contribution in [2.45, 2.75) is 13.1 Å². The van der Waals surface area contributed by atoms with Gasteiger partial charge in [-0.1, -0.05) is 12.1 Å². The number of thiazole rings is 1. The predicted molar refractivity (Wildman–Crippen MR) is 97.5 cm³/mol. The Hall–Kier alpha value is -2.18. The van der Waals surface area contributed by atoms with E-state index >= 15 is 0 Å². The molecule has 3 rings (SSSR count). The summed E-state index contributed by atoms with van der Waals surface area (Å²) in [6.45, 7) is 0.704. The number of aromatic nitrogens is 1. The minimum absolute atomic E-state index is 0.111. The Morgan fingerprint density at radius 1 is 1.24 bits per heavy atom. The topological polar surface area (TPSA) is 42.4 Å². The monoisotopic (exact) mass is 378 g/mol. The van der Waals surface area contributed by atoms with Gasteiger partial charge in [0.15, 0.2) is 0 Å². The van der Waals surface area contributed by atoms with Crippen molar-refractivity contribution in [3.63, 3.8) is 0 Å². The number of ether oxygens (including phenoxy) is 1. The zero-order valence-corrected chi connectivity index (χ0v) is 15.1. The number of amides is 1. The highest BCUT2D eigenvalue weighted by Gasteiger charge is 2.16. The van der Waals surface area contributed by atoms with Crippen LogP contribution in [0.3, 0.4) is 0 Å². The second kappa shape index (κ2) is 7.80. The van der Waals surface area contributed by atoms with E-state index in [1.807, 2.05) is 18.2 Å². The summed E-state index contributed by atoms with van der Waals surface area (Å²) < 4.78 is 19.3. The molecule has 0 spiro atoms. The number of alkyl halides is 1. The highest BCUT2D eigenvalue weighted by Crippen LogP contribution is 2.27. The molecule has 0 radical (unpaired) electrons. The van der Waals surface area contributed by atoms with Crippen molar-refractivity contribution in [2.24, 2.45) is 0 Å². The lowest BCUT2D eigenvalue weighted by molar-refractivity contribution is -0.129. The van der Waals surface area contributed by atoms with Crippen LogP contribution in [0.25, 0.3) is 10.2 Å². The quantitative estimate of drug-likeness (QED) is 0.603. The van der Waals surface area contributed by atoms with Crippen LogP contribution in [0.5, 0.6) is 5.75 Å². The number of nitrogens with zero attached hydrogens (tertiary/aromatic N) is 2. The molecular formula is C18H16ClFN2O2S. The molecule has 0 saturated carbocycles. The highest BCUT2D eigenvalue weighted by molar-refractivity contribution is 7.18. The van der Waals surface area contributed by atoms with Crippen molar-refractivity contribution in [2.75, 3.05) is 13.0 Å². The fourth-order valence-corrected chi connectivity index (χ4v) is 3.62. The molecule has 2 aromatic carbocycles. The molecule has 0 saturated heterocycles. The van der Waals surface area contributed by atoms with Crippen LogP contribution in [0.4, 0.5) is 4.39 Å². The number of benzene rings is 2. The van der Waals surface area contributed by atoms with Crippen molar-refractivity contribution >= 4 is 39.1 Å². The van der Waals surface area contributed by atoms with Crippen molar-refractivity contribution in [1.82, 2.24) is 9.88 Å². The van der Waals surface area contributed by atoms with Crippen molar-refractivity contribution in [3.8, 4) is 5.75 Å². The van der Waals surface area contributed by atoms with E-state index in [2.05, 4.69) is 4.98 Å². The van der Waals surface area contributed by atoms with Gasteiger partial charge < -0.3 is 9.64 Å². The standard InChI is InChI=1S/C18H16ClFN2O2S/c1-24-14-6-7-15-16(8-14)25-17(21-15)11-22(18(23)9-19)10-12-2-4-13(20)5-3-12/h2-8H,9-11H2,1H3. The van der Waals surface area contributed by atoms with E-state index in [0.717, 1.165) is 26.5 Å². The van der Waals surface area contributed by atoms with Gasteiger partial charge in [-0.15, -0.1) is 22.9 Å². The maximum absolute atomic E-state index is 13.1. The van der Waals surface area contributed by atoms with Gasteiger partial charge in [0.25, 0.3) is 0 Å². The first kappa shape index (κ1) is 17.6. The Morgan fingerprint density at radius 3 is 2.68 bits per heavy atom. The second-order valence-electron chi connectivity index (χ2n) is 5.45. The molecule has 0 fully saturated rings. The molecule has 0 aliphatic heterocycles. The first-order valence-electron chi connectivity index (χ1n) is 7.60. The number of rotatable bonds is 6. The summed E-state index contributed by atoms with van der Waals surface area (Å²) in [5.74, 6) is 0.157. The molecule has 1 heterocycles. The fourth-order valence-electron chi connectivity index (χ4n) is 2.44. The number of fused-ring (bicyclic) bond motifs is 1. The lowest BCUT2D eigenvalue weighted by Gasteiger charge is -2.20. The minimum atomic E-state index is -0.306. The predicted octanol–water partition coefficient (Wildman–Crippen LogP) is 4.21. The maximum atomic E-state index is 13.1. The fraction of sp³-hybridized carbons (Fsp3) is 0.222. The van der Waals surface area contributed by atoms with E-state index in [4.69, 9.17) is 16.3 Å². The van der Waals surface area contributed by atoms with Crippen LogP contribution in [0.2, 0.25) is 0 Å². The third-order valence-electron chi connectivity index (χ3n) is 3.72. The first-order chi connectivity index (χ1) is 12.1. The van der Waals surface area contributed by atoms with Crippen LogP contribution < -0.4 is 4.74 Å². The molecule has 3 aromatic rings. The summed E-state index contributed by atoms with van der Waals surface area (Å²) in [4.78, 5) is 18.4. The van der Waals surface area contributed by atoms with E-state index in [9.17, 15) is 9.18 Å². The molecule has 0 unspecified atom stereocenters. The van der Waals surface area contributed by atoms with Gasteiger partial charge in [-0.05, 0) is 35.9 Å². The minimum Gasteiger partial charge on any atom is -0.497 e. The summed E-state index contributed by atoms with van der Waals surface area (Å²) in [6.07, 6.45) is 0. The van der Waals surface area contributed by atoms with Gasteiger partial charge in [-0.2, -0.15) is 0 Å². The Labute approximate surface area is 153 Å². The second-order valence-corrected chi connectivity index (χ2v) is 6.83. The first-order valence-corrected chi connectivity index (χ1v) is 8.96. The van der Waals surface area contributed by atoms with Crippen LogP contribution in [0, 0.1) is 5.82 Å². The summed E-state index contributed by atoms with van der Waals surface area (Å²) in [6, 6.07) is 11.7. The van der Waals surface area contributed by atoms with Gasteiger partial charge in [0.2, 0.25) is 5.91 Å². The average Bonchev–Trinajstić information content (AvgIpc) is 3.03. The number of halogens is 2. The van der Waals surface area contributed by atoms with E-state index < -0.39 is 0 Å². The van der Waals surface area contributed by atoms with Gasteiger partial charge in [0.05, 0.1) is 23.9 Å². The van der Waals surface area contributed by atoms with Crippen LogP contribution in [0.1, 0.15) is 10.6 Å². The van der Waals surface area contributed by atoms with Crippen molar-refractivity contribution in [3.05, 3.63) is 58.9 Å². The smallest absolute Gasteiger partial charge is 0.238 e. The SMILES string of the molecule is COc1ccc2nc(CN(Cc3ccc(F)cc3)C(=O)CCl)sc2c1. The molecule has 0 atom stereocenters. The average molecular weight is 379 g/mol. The number of hydrogen-bond acceptors (Lipinski definition) is 4. The molecule has 0 aliphatic rings. The Morgan fingerprint density at radius 2 is 2.00 bits per heavy atom. The molecule has 1 aromatic heterocycles. The van der Waals surface area contributed by atoms with Gasteiger partial charge in [0, 0.05) is 6.54 Å². The van der Waals surface area contributed by atoms with Gasteiger partial charge in [-0.25, -0.2) is 9.37 Å². The van der Waals surface area contributed by atoms with Crippen molar-refractivity contribution < 1.29 is 13.9 Å². The van der Waals surface area contributed by atoms with E-state index in [-0.39, 0.29) is 17.6 Å². The lowest BCUT2D eigenvalue weighted by Crippen LogP contribution is -2.31. The van der Waals surface area contributed by atoms with Crippen LogP contribution in [-0.2, 0) is 17.9 Å². The Bertz CT molecular complexity index is 882. The molecule has 7 heteroatoms. The van der Waals surface area contributed by atoms with Gasteiger partial charge >= 0.3 is 0 Å². The molecule has 0 N–H and O–H groups in total. The summed E-state index contributed by atoms with van der Waals surface area (Å²) >= 11 is 7.25. The largest absolute Gasteiger partial charge is 0.497 e. The molecule has 4 nitrogen and oxygen atoms in total. The molecule has 1 amide bonds. The van der Waals surface area contributed by atoms with Gasteiger partial charge in [0.1, 0.15) is 22.5 Å². The van der Waals surface area contributed by atoms with Crippen LogP contribution >= 0.6 is 22.9 Å². The van der Waals surface area contributed by atoms with E-state index in [1.54, 1.807) is 24.1 Å². The normalized spacial score (nSPS) is 10.8. The molecule has 0 bridgehead atoms. The van der Waals surface area contributed by atoms with E-state index in [1.165, 1.54) is 23.5 Å². The Kier molecular flexibility index (Phi) is 5.50. The zero-order valence-electron chi connectivity index (χ0n) is 13.5. The summed E-state index contributed by atoms with van der Waals surface area (Å²) in [7, 11) is 1.62. The van der Waals surface area contributed by atoms with Crippen molar-refractivity contribution in [1.29, 1.82) is 0 Å². The van der Waals surface area contributed by atoms with E-state index in [0.29, 0.717) is 13.1 Å². The number of methoxy groups -OCH3 is 1. The molecule has 130 valence electrons. The zero-order chi connectivity index (χ0) is 17.8. The molecular weight excluding hydrogens is 363 g/mol.